The molecule has 1 saturated heterocycles. The van der Waals surface area contributed by atoms with Crippen molar-refractivity contribution in [2.45, 2.75) is 39.0 Å². The van der Waals surface area contributed by atoms with Crippen molar-refractivity contribution in [1.29, 1.82) is 0 Å². The first-order valence-electron chi connectivity index (χ1n) is 8.06. The van der Waals surface area contributed by atoms with E-state index >= 15 is 0 Å². The Bertz CT molecular complexity index is 823. The van der Waals surface area contributed by atoms with Gasteiger partial charge in [-0.3, -0.25) is 19.3 Å². The summed E-state index contributed by atoms with van der Waals surface area (Å²) in [7, 11) is 0. The molecule has 0 unspecified atom stereocenters. The highest BCUT2D eigenvalue weighted by molar-refractivity contribution is 5.97. The SMILES string of the molecule is CC(=O)O[C@@]12CCN(C(C)=O)[C@@H]1N(C(C)=O)c1ccc(OC(N)=O)cc12. The number of benzene rings is 1. The van der Waals surface area contributed by atoms with Crippen LogP contribution in [0.2, 0.25) is 0 Å². The molecule has 0 spiro atoms. The zero-order valence-corrected chi connectivity index (χ0v) is 14.6. The zero-order valence-electron chi connectivity index (χ0n) is 14.6. The predicted octanol–water partition coefficient (Wildman–Crippen LogP) is 0.847. The van der Waals surface area contributed by atoms with Gasteiger partial charge in [0, 0.05) is 39.3 Å². The van der Waals surface area contributed by atoms with Gasteiger partial charge in [-0.1, -0.05) is 0 Å². The van der Waals surface area contributed by atoms with E-state index in [1.54, 1.807) is 6.07 Å². The fraction of sp³-hybridized carbons (Fsp3) is 0.412. The molecule has 9 heteroatoms. The standard InChI is InChI=1S/C17H19N3O6/c1-9(21)19-7-6-17(26-11(3)23)13-8-12(25-16(18)24)4-5-14(13)20(10(2)22)15(17)19/h4-5,8,15H,6-7H2,1-3H3,(H2,18,24)/t15-,17-/m1/s1. The lowest BCUT2D eigenvalue weighted by atomic mass is 9.92. The number of amides is 3. The Hall–Kier alpha value is -3.10. The van der Waals surface area contributed by atoms with Crippen LogP contribution in [0.5, 0.6) is 5.75 Å². The fourth-order valence-electron chi connectivity index (χ4n) is 3.87. The number of anilines is 1. The monoisotopic (exact) mass is 361 g/mol. The van der Waals surface area contributed by atoms with Crippen LogP contribution in [0, 0.1) is 0 Å². The molecule has 1 aromatic rings. The van der Waals surface area contributed by atoms with Crippen molar-refractivity contribution in [2.75, 3.05) is 11.4 Å². The van der Waals surface area contributed by atoms with E-state index in [2.05, 4.69) is 0 Å². The fourth-order valence-corrected chi connectivity index (χ4v) is 3.87. The Morgan fingerprint density at radius 3 is 2.38 bits per heavy atom. The number of esters is 1. The number of ether oxygens (including phenoxy) is 2. The average molecular weight is 361 g/mol. The van der Waals surface area contributed by atoms with Crippen LogP contribution >= 0.6 is 0 Å². The van der Waals surface area contributed by atoms with E-state index in [0.717, 1.165) is 0 Å². The highest BCUT2D eigenvalue weighted by Crippen LogP contribution is 2.54. The van der Waals surface area contributed by atoms with Gasteiger partial charge in [0.2, 0.25) is 11.8 Å². The molecule has 9 nitrogen and oxygen atoms in total. The molecule has 2 heterocycles. The first kappa shape index (κ1) is 17.7. The van der Waals surface area contributed by atoms with Gasteiger partial charge in [-0.25, -0.2) is 4.79 Å². The maximum absolute atomic E-state index is 12.4. The molecule has 0 bridgehead atoms. The Morgan fingerprint density at radius 2 is 1.85 bits per heavy atom. The Kier molecular flexibility index (Phi) is 4.09. The smallest absolute Gasteiger partial charge is 0.409 e. The summed E-state index contributed by atoms with van der Waals surface area (Å²) in [6, 6.07) is 4.58. The molecule has 3 rings (SSSR count). The number of nitrogens with two attached hydrogens (primary N) is 1. The van der Waals surface area contributed by atoms with E-state index in [1.165, 1.54) is 42.7 Å². The van der Waals surface area contributed by atoms with Crippen molar-refractivity contribution in [3.05, 3.63) is 23.8 Å². The summed E-state index contributed by atoms with van der Waals surface area (Å²) in [5, 5.41) is 0. The van der Waals surface area contributed by atoms with E-state index in [4.69, 9.17) is 15.2 Å². The summed E-state index contributed by atoms with van der Waals surface area (Å²) in [4.78, 5) is 50.3. The van der Waals surface area contributed by atoms with Crippen molar-refractivity contribution in [3.63, 3.8) is 0 Å². The van der Waals surface area contributed by atoms with Crippen LogP contribution in [-0.4, -0.2) is 41.5 Å². The van der Waals surface area contributed by atoms with Crippen LogP contribution in [0.15, 0.2) is 18.2 Å². The number of nitrogens with zero attached hydrogens (tertiary/aromatic N) is 2. The molecule has 2 aliphatic rings. The van der Waals surface area contributed by atoms with Crippen LogP contribution in [0.1, 0.15) is 32.8 Å². The van der Waals surface area contributed by atoms with E-state index in [1.807, 2.05) is 0 Å². The number of likely N-dealkylation sites (tertiary alicyclic amines) is 1. The van der Waals surface area contributed by atoms with Crippen molar-refractivity contribution >= 4 is 29.6 Å². The minimum Gasteiger partial charge on any atom is -0.450 e. The summed E-state index contributed by atoms with van der Waals surface area (Å²) in [6.45, 7) is 4.35. The summed E-state index contributed by atoms with van der Waals surface area (Å²) in [6.07, 6.45) is -1.46. The second-order valence-corrected chi connectivity index (χ2v) is 6.31. The Morgan fingerprint density at radius 1 is 1.15 bits per heavy atom. The van der Waals surface area contributed by atoms with Gasteiger partial charge in [0.15, 0.2) is 11.8 Å². The molecule has 1 aromatic carbocycles. The molecule has 2 N–H and O–H groups in total. The highest BCUT2D eigenvalue weighted by atomic mass is 16.6. The molecule has 3 amide bonds. The van der Waals surface area contributed by atoms with Gasteiger partial charge in [-0.05, 0) is 18.2 Å². The minimum atomic E-state index is -1.23. The molecule has 1 fully saturated rings. The minimum absolute atomic E-state index is 0.160. The van der Waals surface area contributed by atoms with E-state index in [9.17, 15) is 19.2 Å². The summed E-state index contributed by atoms with van der Waals surface area (Å²) in [5.41, 5.74) is 4.82. The summed E-state index contributed by atoms with van der Waals surface area (Å²) in [5.74, 6) is -0.926. The first-order valence-corrected chi connectivity index (χ1v) is 8.06. The molecular formula is C17H19N3O6. The topological polar surface area (TPSA) is 119 Å². The summed E-state index contributed by atoms with van der Waals surface area (Å²) >= 11 is 0. The molecule has 0 aliphatic carbocycles. The van der Waals surface area contributed by atoms with Crippen molar-refractivity contribution < 1.29 is 28.7 Å². The number of carbonyl (C=O) groups is 4. The number of hydrogen-bond acceptors (Lipinski definition) is 6. The van der Waals surface area contributed by atoms with Gasteiger partial charge >= 0.3 is 12.1 Å². The zero-order chi connectivity index (χ0) is 19.2. The molecule has 2 aliphatic heterocycles. The number of rotatable bonds is 2. The quantitative estimate of drug-likeness (QED) is 0.780. The van der Waals surface area contributed by atoms with Gasteiger partial charge in [0.05, 0.1) is 5.69 Å². The molecule has 138 valence electrons. The second kappa shape index (κ2) is 6.01. The van der Waals surface area contributed by atoms with E-state index in [0.29, 0.717) is 24.2 Å². The molecule has 0 saturated carbocycles. The largest absolute Gasteiger partial charge is 0.450 e. The highest BCUT2D eigenvalue weighted by Gasteiger charge is 2.62. The molecule has 0 radical (unpaired) electrons. The van der Waals surface area contributed by atoms with E-state index < -0.39 is 23.8 Å². The number of fused-ring (bicyclic) bond motifs is 3. The van der Waals surface area contributed by atoms with Gasteiger partial charge in [0.25, 0.3) is 0 Å². The molecule has 0 aromatic heterocycles. The third-order valence-electron chi connectivity index (χ3n) is 4.65. The van der Waals surface area contributed by atoms with Crippen LogP contribution < -0.4 is 15.4 Å². The van der Waals surface area contributed by atoms with Crippen LogP contribution in [0.4, 0.5) is 10.5 Å². The Labute approximate surface area is 149 Å². The van der Waals surface area contributed by atoms with Gasteiger partial charge in [-0.15, -0.1) is 0 Å². The lowest BCUT2D eigenvalue weighted by Gasteiger charge is -2.35. The van der Waals surface area contributed by atoms with Crippen LogP contribution in [0.25, 0.3) is 0 Å². The molecule has 26 heavy (non-hydrogen) atoms. The van der Waals surface area contributed by atoms with Gasteiger partial charge in [0.1, 0.15) is 5.75 Å². The molecular weight excluding hydrogens is 342 g/mol. The van der Waals surface area contributed by atoms with E-state index in [-0.39, 0.29) is 17.6 Å². The van der Waals surface area contributed by atoms with Gasteiger partial charge < -0.3 is 20.1 Å². The maximum Gasteiger partial charge on any atom is 0.409 e. The number of carbonyl (C=O) groups excluding carboxylic acids is 4. The lowest BCUT2D eigenvalue weighted by Crippen LogP contribution is -2.54. The van der Waals surface area contributed by atoms with Crippen LogP contribution in [0.3, 0.4) is 0 Å². The van der Waals surface area contributed by atoms with Crippen molar-refractivity contribution in [2.24, 2.45) is 5.73 Å². The van der Waals surface area contributed by atoms with Crippen molar-refractivity contribution in [1.82, 2.24) is 4.90 Å². The average Bonchev–Trinajstić information content (AvgIpc) is 2.98. The predicted molar refractivity (Wildman–Crippen MR) is 89.0 cm³/mol. The normalized spacial score (nSPS) is 23.3. The molecule has 2 atom stereocenters. The maximum atomic E-state index is 12.4. The summed E-state index contributed by atoms with van der Waals surface area (Å²) < 4.78 is 10.6. The third kappa shape index (κ3) is 2.56. The Balaban J connectivity index is 2.21. The third-order valence-corrected chi connectivity index (χ3v) is 4.65. The van der Waals surface area contributed by atoms with Crippen molar-refractivity contribution in [3.8, 4) is 5.75 Å². The first-order chi connectivity index (χ1) is 12.2. The number of hydrogen-bond donors (Lipinski definition) is 1. The van der Waals surface area contributed by atoms with Crippen LogP contribution in [-0.2, 0) is 24.7 Å². The second-order valence-electron chi connectivity index (χ2n) is 6.31. The van der Waals surface area contributed by atoms with Gasteiger partial charge in [-0.2, -0.15) is 0 Å². The lowest BCUT2D eigenvalue weighted by molar-refractivity contribution is -0.162. The number of primary amides is 1.